The predicted molar refractivity (Wildman–Crippen MR) is 104 cm³/mol. The Balaban J connectivity index is 1.81. The van der Waals surface area contributed by atoms with Crippen LogP contribution < -0.4 is 4.90 Å². The molecule has 1 heterocycles. The van der Waals surface area contributed by atoms with Gasteiger partial charge in [-0.25, -0.2) is 8.42 Å². The summed E-state index contributed by atoms with van der Waals surface area (Å²) in [6, 6.07) is 15.5. The number of anilines is 1. The number of hydrogen-bond acceptors (Lipinski definition) is 3. The molecule has 0 spiro atoms. The van der Waals surface area contributed by atoms with Crippen molar-refractivity contribution in [3.05, 3.63) is 65.2 Å². The molecule has 1 amide bonds. The van der Waals surface area contributed by atoms with Crippen LogP contribution in [0.2, 0.25) is 0 Å². The standard InChI is InChI=1S/C20H24N2O3S/c1-15-8-10-17(11-9-15)13-21(26(3,24)25)14-20(23)22-16(2)12-18-6-4-5-7-19(18)22/h4-11,16H,12-14H2,1-3H3. The Morgan fingerprint density at radius 2 is 1.81 bits per heavy atom. The van der Waals surface area contributed by atoms with Gasteiger partial charge in [-0.2, -0.15) is 4.31 Å². The molecule has 0 aromatic heterocycles. The zero-order chi connectivity index (χ0) is 18.9. The molecule has 0 aliphatic carbocycles. The number of rotatable bonds is 5. The molecular weight excluding hydrogens is 348 g/mol. The first-order valence-electron chi connectivity index (χ1n) is 8.66. The third-order valence-corrected chi connectivity index (χ3v) is 5.93. The van der Waals surface area contributed by atoms with Gasteiger partial charge in [0.25, 0.3) is 0 Å². The largest absolute Gasteiger partial charge is 0.308 e. The van der Waals surface area contributed by atoms with E-state index >= 15 is 0 Å². The Bertz CT molecular complexity index is 907. The van der Waals surface area contributed by atoms with Crippen molar-refractivity contribution in [2.75, 3.05) is 17.7 Å². The number of sulfonamides is 1. The minimum Gasteiger partial charge on any atom is -0.308 e. The lowest BCUT2D eigenvalue weighted by molar-refractivity contribution is -0.119. The van der Waals surface area contributed by atoms with Gasteiger partial charge in [0.15, 0.2) is 0 Å². The molecule has 6 heteroatoms. The molecule has 0 radical (unpaired) electrons. The second-order valence-electron chi connectivity index (χ2n) is 6.96. The van der Waals surface area contributed by atoms with E-state index in [0.29, 0.717) is 0 Å². The van der Waals surface area contributed by atoms with Crippen LogP contribution in [0, 0.1) is 6.92 Å². The van der Waals surface area contributed by atoms with Gasteiger partial charge in [-0.1, -0.05) is 48.0 Å². The zero-order valence-corrected chi connectivity index (χ0v) is 16.2. The van der Waals surface area contributed by atoms with Gasteiger partial charge in [0.05, 0.1) is 12.8 Å². The Labute approximate surface area is 155 Å². The lowest BCUT2D eigenvalue weighted by Gasteiger charge is -2.26. The van der Waals surface area contributed by atoms with E-state index in [2.05, 4.69) is 0 Å². The Hall–Kier alpha value is -2.18. The van der Waals surface area contributed by atoms with Gasteiger partial charge < -0.3 is 4.90 Å². The molecule has 1 unspecified atom stereocenters. The fraction of sp³-hybridized carbons (Fsp3) is 0.350. The highest BCUT2D eigenvalue weighted by molar-refractivity contribution is 7.88. The van der Waals surface area contributed by atoms with E-state index in [1.807, 2.05) is 62.4 Å². The monoisotopic (exact) mass is 372 g/mol. The first-order chi connectivity index (χ1) is 12.3. The lowest BCUT2D eigenvalue weighted by Crippen LogP contribution is -2.44. The zero-order valence-electron chi connectivity index (χ0n) is 15.3. The number of carbonyl (C=O) groups excluding carboxylic acids is 1. The van der Waals surface area contributed by atoms with Gasteiger partial charge in [0, 0.05) is 18.3 Å². The van der Waals surface area contributed by atoms with Gasteiger partial charge >= 0.3 is 0 Å². The summed E-state index contributed by atoms with van der Waals surface area (Å²) in [6.45, 7) is 4.00. The topological polar surface area (TPSA) is 57.7 Å². The van der Waals surface area contributed by atoms with E-state index in [1.165, 1.54) is 4.31 Å². The average Bonchev–Trinajstić information content (AvgIpc) is 2.91. The van der Waals surface area contributed by atoms with Gasteiger partial charge in [0.1, 0.15) is 0 Å². The molecule has 1 atom stereocenters. The molecule has 2 aromatic rings. The second kappa shape index (κ2) is 7.21. The number of nitrogens with zero attached hydrogens (tertiary/aromatic N) is 2. The molecular formula is C20H24N2O3S. The first kappa shape index (κ1) is 18.6. The molecule has 1 aliphatic rings. The first-order valence-corrected chi connectivity index (χ1v) is 10.5. The number of hydrogen-bond donors (Lipinski definition) is 0. The van der Waals surface area contributed by atoms with Crippen molar-refractivity contribution < 1.29 is 13.2 Å². The van der Waals surface area contributed by atoms with Crippen molar-refractivity contribution >= 4 is 21.6 Å². The SMILES string of the molecule is Cc1ccc(CN(CC(=O)N2c3ccccc3CC2C)S(C)(=O)=O)cc1. The molecule has 138 valence electrons. The fourth-order valence-corrected chi connectivity index (χ4v) is 4.09. The minimum absolute atomic E-state index is 0.0284. The summed E-state index contributed by atoms with van der Waals surface area (Å²) in [6.07, 6.45) is 1.94. The molecule has 3 rings (SSSR count). The summed E-state index contributed by atoms with van der Waals surface area (Å²) in [5.41, 5.74) is 3.98. The molecule has 2 aromatic carbocycles. The second-order valence-corrected chi connectivity index (χ2v) is 8.94. The number of para-hydroxylation sites is 1. The van der Waals surface area contributed by atoms with Crippen molar-refractivity contribution in [1.82, 2.24) is 4.31 Å². The number of fused-ring (bicyclic) bond motifs is 1. The van der Waals surface area contributed by atoms with Crippen LogP contribution in [-0.4, -0.2) is 37.5 Å². The maximum atomic E-state index is 12.9. The molecule has 0 N–H and O–H groups in total. The third-order valence-electron chi connectivity index (χ3n) is 4.74. The molecule has 0 saturated heterocycles. The van der Waals surface area contributed by atoms with Crippen molar-refractivity contribution in [2.24, 2.45) is 0 Å². The Morgan fingerprint density at radius 3 is 2.46 bits per heavy atom. The maximum absolute atomic E-state index is 12.9. The van der Waals surface area contributed by atoms with Gasteiger partial charge in [-0.05, 0) is 37.5 Å². The molecule has 0 fully saturated rings. The number of aryl methyl sites for hydroxylation is 1. The van der Waals surface area contributed by atoms with Crippen molar-refractivity contribution in [1.29, 1.82) is 0 Å². The van der Waals surface area contributed by atoms with Crippen LogP contribution in [0.25, 0.3) is 0 Å². The Morgan fingerprint density at radius 1 is 1.15 bits per heavy atom. The van der Waals surface area contributed by atoms with Gasteiger partial charge in [-0.3, -0.25) is 4.79 Å². The normalized spacial score (nSPS) is 16.8. The summed E-state index contributed by atoms with van der Waals surface area (Å²) in [5.74, 6) is -0.194. The van der Waals surface area contributed by atoms with E-state index in [4.69, 9.17) is 0 Å². The average molecular weight is 372 g/mol. The van der Waals surface area contributed by atoms with Gasteiger partial charge in [-0.15, -0.1) is 0 Å². The lowest BCUT2D eigenvalue weighted by atomic mass is 10.1. The van der Waals surface area contributed by atoms with Crippen LogP contribution in [0.5, 0.6) is 0 Å². The van der Waals surface area contributed by atoms with Crippen LogP contribution in [0.3, 0.4) is 0 Å². The molecule has 26 heavy (non-hydrogen) atoms. The van der Waals surface area contributed by atoms with Crippen molar-refractivity contribution in [3.63, 3.8) is 0 Å². The van der Waals surface area contributed by atoms with E-state index in [9.17, 15) is 13.2 Å². The summed E-state index contributed by atoms with van der Waals surface area (Å²) >= 11 is 0. The quantitative estimate of drug-likeness (QED) is 0.811. The summed E-state index contributed by atoms with van der Waals surface area (Å²) in [5, 5.41) is 0. The van der Waals surface area contributed by atoms with E-state index in [-0.39, 0.29) is 25.0 Å². The van der Waals surface area contributed by atoms with Crippen LogP contribution in [0.15, 0.2) is 48.5 Å². The van der Waals surface area contributed by atoms with Crippen LogP contribution >= 0.6 is 0 Å². The van der Waals surface area contributed by atoms with Crippen LogP contribution in [0.1, 0.15) is 23.6 Å². The maximum Gasteiger partial charge on any atom is 0.242 e. The molecule has 0 saturated carbocycles. The third kappa shape index (κ3) is 3.97. The van der Waals surface area contributed by atoms with Crippen LogP contribution in [-0.2, 0) is 27.8 Å². The molecule has 0 bridgehead atoms. The van der Waals surface area contributed by atoms with Crippen LogP contribution in [0.4, 0.5) is 5.69 Å². The number of benzene rings is 2. The van der Waals surface area contributed by atoms with E-state index in [0.717, 1.165) is 35.1 Å². The Kier molecular flexibility index (Phi) is 5.16. The summed E-state index contributed by atoms with van der Waals surface area (Å²) in [7, 11) is -3.51. The highest BCUT2D eigenvalue weighted by Crippen LogP contribution is 2.32. The van der Waals surface area contributed by atoms with Crippen molar-refractivity contribution in [3.8, 4) is 0 Å². The van der Waals surface area contributed by atoms with Crippen molar-refractivity contribution in [2.45, 2.75) is 32.9 Å². The van der Waals surface area contributed by atoms with E-state index in [1.54, 1.807) is 4.90 Å². The van der Waals surface area contributed by atoms with Gasteiger partial charge in [0.2, 0.25) is 15.9 Å². The minimum atomic E-state index is -3.51. The number of carbonyl (C=O) groups is 1. The highest BCUT2D eigenvalue weighted by atomic mass is 32.2. The highest BCUT2D eigenvalue weighted by Gasteiger charge is 2.32. The molecule has 5 nitrogen and oxygen atoms in total. The fourth-order valence-electron chi connectivity index (χ4n) is 3.36. The molecule has 1 aliphatic heterocycles. The van der Waals surface area contributed by atoms with E-state index < -0.39 is 10.0 Å². The number of amides is 1. The summed E-state index contributed by atoms with van der Waals surface area (Å²) < 4.78 is 25.7. The smallest absolute Gasteiger partial charge is 0.242 e. The predicted octanol–water partition coefficient (Wildman–Crippen LogP) is 2.73. The summed E-state index contributed by atoms with van der Waals surface area (Å²) in [4.78, 5) is 14.7.